The number of aromatic nitrogens is 3. The molecule has 0 spiro atoms. The van der Waals surface area contributed by atoms with Crippen LogP contribution in [-0.2, 0) is 13.2 Å². The number of benzene rings is 1. The van der Waals surface area contributed by atoms with Gasteiger partial charge in [-0.15, -0.1) is 5.10 Å². The quantitative estimate of drug-likeness (QED) is 0.768. The molecule has 0 aliphatic carbocycles. The summed E-state index contributed by atoms with van der Waals surface area (Å²) in [5.41, 5.74) is -0.517. The Morgan fingerprint density at radius 1 is 1.29 bits per heavy atom. The van der Waals surface area contributed by atoms with Gasteiger partial charge in [0.05, 0.1) is 18.7 Å². The van der Waals surface area contributed by atoms with E-state index in [0.29, 0.717) is 33.7 Å². The Kier molecular flexibility index (Phi) is 5.42. The van der Waals surface area contributed by atoms with E-state index in [0.717, 1.165) is 11.7 Å². The van der Waals surface area contributed by atoms with Gasteiger partial charge in [0.25, 0.3) is 5.91 Å². The molecular weight excluding hydrogens is 401 g/mol. The molecule has 3 rings (SSSR count). The van der Waals surface area contributed by atoms with E-state index < -0.39 is 23.7 Å². The average molecular weight is 419 g/mol. The highest BCUT2D eigenvalue weighted by Gasteiger charge is 2.39. The van der Waals surface area contributed by atoms with Crippen LogP contribution < -0.4 is 10.4 Å². The highest BCUT2D eigenvalue weighted by atomic mass is 35.5. The van der Waals surface area contributed by atoms with Gasteiger partial charge in [0, 0.05) is 25.2 Å². The minimum absolute atomic E-state index is 0.267. The minimum atomic E-state index is -4.71. The van der Waals surface area contributed by atoms with Crippen molar-refractivity contribution in [3.8, 4) is 5.75 Å². The Balaban J connectivity index is 1.76. The zero-order valence-corrected chi connectivity index (χ0v) is 15.9. The number of carbonyl (C=O) groups is 1. The van der Waals surface area contributed by atoms with Crippen molar-refractivity contribution in [1.82, 2.24) is 19.2 Å². The van der Waals surface area contributed by atoms with E-state index in [1.807, 2.05) is 0 Å². The smallest absolute Gasteiger partial charge is 0.451 e. The normalized spacial score (nSPS) is 15.7. The predicted molar refractivity (Wildman–Crippen MR) is 94.6 cm³/mol. The fourth-order valence-corrected chi connectivity index (χ4v) is 3.44. The summed E-state index contributed by atoms with van der Waals surface area (Å²) in [4.78, 5) is 26.5. The van der Waals surface area contributed by atoms with Crippen LogP contribution in [0.4, 0.5) is 13.2 Å². The van der Waals surface area contributed by atoms with Crippen LogP contribution in [0.2, 0.25) is 5.02 Å². The van der Waals surface area contributed by atoms with E-state index in [-0.39, 0.29) is 19.0 Å². The van der Waals surface area contributed by atoms with Gasteiger partial charge in [-0.25, -0.2) is 9.48 Å². The van der Waals surface area contributed by atoms with Crippen LogP contribution in [0.1, 0.15) is 35.1 Å². The molecule has 11 heteroatoms. The number of carbonyl (C=O) groups excluding carboxylic acids is 1. The highest BCUT2D eigenvalue weighted by Crippen LogP contribution is 2.29. The van der Waals surface area contributed by atoms with Gasteiger partial charge in [-0.1, -0.05) is 11.6 Å². The summed E-state index contributed by atoms with van der Waals surface area (Å²) in [6, 6.07) is 4.19. The van der Waals surface area contributed by atoms with Crippen LogP contribution >= 0.6 is 11.6 Å². The van der Waals surface area contributed by atoms with Crippen LogP contribution in [0.15, 0.2) is 23.0 Å². The van der Waals surface area contributed by atoms with Crippen molar-refractivity contribution < 1.29 is 22.7 Å². The van der Waals surface area contributed by atoms with Crippen LogP contribution in [0, 0.1) is 0 Å². The summed E-state index contributed by atoms with van der Waals surface area (Å²) >= 11 is 5.96. The van der Waals surface area contributed by atoms with E-state index in [1.54, 1.807) is 17.0 Å². The van der Waals surface area contributed by atoms with Crippen molar-refractivity contribution in [2.45, 2.75) is 25.1 Å². The van der Waals surface area contributed by atoms with Gasteiger partial charge in [-0.3, -0.25) is 9.36 Å². The fraction of sp³-hybridized carbons (Fsp3) is 0.471. The summed E-state index contributed by atoms with van der Waals surface area (Å²) in [6.45, 7) is 0.535. The third kappa shape index (κ3) is 3.73. The lowest BCUT2D eigenvalue weighted by atomic mass is 10.0. The topological polar surface area (TPSA) is 69.4 Å². The first-order valence-electron chi connectivity index (χ1n) is 8.49. The number of nitrogens with zero attached hydrogens (tertiary/aromatic N) is 4. The molecule has 0 unspecified atom stereocenters. The molecule has 1 aliphatic heterocycles. The van der Waals surface area contributed by atoms with Crippen molar-refractivity contribution in [3.63, 3.8) is 0 Å². The molecule has 0 radical (unpaired) electrons. The van der Waals surface area contributed by atoms with Crippen LogP contribution in [0.5, 0.6) is 5.75 Å². The first kappa shape index (κ1) is 20.2. The number of halogens is 4. The number of amides is 1. The lowest BCUT2D eigenvalue weighted by Gasteiger charge is -2.32. The fourth-order valence-electron chi connectivity index (χ4n) is 3.27. The first-order valence-corrected chi connectivity index (χ1v) is 8.86. The van der Waals surface area contributed by atoms with Crippen LogP contribution in [0.3, 0.4) is 0 Å². The third-order valence-corrected chi connectivity index (χ3v) is 4.98. The van der Waals surface area contributed by atoms with E-state index in [9.17, 15) is 22.8 Å². The zero-order valence-electron chi connectivity index (χ0n) is 15.2. The van der Waals surface area contributed by atoms with Gasteiger partial charge < -0.3 is 9.64 Å². The summed E-state index contributed by atoms with van der Waals surface area (Å²) in [6.07, 6.45) is -4.09. The second-order valence-electron chi connectivity index (χ2n) is 6.48. The average Bonchev–Trinajstić information content (AvgIpc) is 2.96. The molecule has 2 aromatic rings. The van der Waals surface area contributed by atoms with Gasteiger partial charge in [-0.05, 0) is 31.0 Å². The van der Waals surface area contributed by atoms with Gasteiger partial charge in [0.15, 0.2) is 0 Å². The molecule has 28 heavy (non-hydrogen) atoms. The third-order valence-electron chi connectivity index (χ3n) is 4.75. The Morgan fingerprint density at radius 2 is 1.93 bits per heavy atom. The summed E-state index contributed by atoms with van der Waals surface area (Å²) in [5.74, 6) is -1.14. The maximum atomic E-state index is 13.0. The molecule has 0 bridgehead atoms. The van der Waals surface area contributed by atoms with Gasteiger partial charge in [-0.2, -0.15) is 13.2 Å². The molecule has 152 valence electrons. The monoisotopic (exact) mass is 418 g/mol. The van der Waals surface area contributed by atoms with Gasteiger partial charge in [0.1, 0.15) is 5.75 Å². The highest BCUT2D eigenvalue weighted by molar-refractivity contribution is 6.31. The summed E-state index contributed by atoms with van der Waals surface area (Å²) in [7, 11) is 2.48. The SMILES string of the molecule is COc1ccc(Cl)cc1C(=O)N1CCC(n2nc(C(F)(F)F)n(C)c2=O)CC1. The number of ether oxygens (including phenoxy) is 1. The molecular formula is C17H18ClF3N4O3. The Hall–Kier alpha value is -2.49. The number of hydrogen-bond acceptors (Lipinski definition) is 4. The number of hydrogen-bond donors (Lipinski definition) is 0. The Bertz CT molecular complexity index is 946. The standard InChI is InChI=1S/C17H18ClF3N4O3/c1-23-15(17(19,20)21)22-25(16(23)27)11-5-7-24(8-6-11)14(26)12-9-10(18)3-4-13(12)28-2/h3-4,9,11H,5-8H2,1-2H3. The van der Waals surface area contributed by atoms with Crippen molar-refractivity contribution in [1.29, 1.82) is 0 Å². The van der Waals surface area contributed by atoms with E-state index >= 15 is 0 Å². The number of likely N-dealkylation sites (tertiary alicyclic amines) is 1. The van der Waals surface area contributed by atoms with Crippen molar-refractivity contribution in [2.24, 2.45) is 7.05 Å². The second kappa shape index (κ2) is 7.50. The van der Waals surface area contributed by atoms with E-state index in [2.05, 4.69) is 5.10 Å². The van der Waals surface area contributed by atoms with Gasteiger partial charge in [0.2, 0.25) is 5.82 Å². The number of piperidine rings is 1. The molecule has 2 heterocycles. The summed E-state index contributed by atoms with van der Waals surface area (Å²) < 4.78 is 45.4. The first-order chi connectivity index (χ1) is 13.1. The number of alkyl halides is 3. The van der Waals surface area contributed by atoms with Crippen molar-refractivity contribution in [2.75, 3.05) is 20.2 Å². The van der Waals surface area contributed by atoms with E-state index in [4.69, 9.17) is 16.3 Å². The molecule has 1 fully saturated rings. The molecule has 1 aromatic heterocycles. The lowest BCUT2D eigenvalue weighted by molar-refractivity contribution is -0.147. The molecule has 1 amide bonds. The summed E-state index contributed by atoms with van der Waals surface area (Å²) in [5, 5.41) is 3.86. The molecule has 0 atom stereocenters. The zero-order chi connectivity index (χ0) is 20.6. The largest absolute Gasteiger partial charge is 0.496 e. The Morgan fingerprint density at radius 3 is 2.46 bits per heavy atom. The molecule has 0 saturated carbocycles. The van der Waals surface area contributed by atoms with Gasteiger partial charge >= 0.3 is 11.9 Å². The molecule has 7 nitrogen and oxygen atoms in total. The maximum Gasteiger partial charge on any atom is 0.451 e. The molecule has 1 aliphatic rings. The minimum Gasteiger partial charge on any atom is -0.496 e. The molecule has 1 saturated heterocycles. The molecule has 0 N–H and O–H groups in total. The second-order valence-corrected chi connectivity index (χ2v) is 6.91. The lowest BCUT2D eigenvalue weighted by Crippen LogP contribution is -2.41. The van der Waals surface area contributed by atoms with E-state index in [1.165, 1.54) is 13.2 Å². The van der Waals surface area contributed by atoms with Crippen LogP contribution in [-0.4, -0.2) is 45.4 Å². The maximum absolute atomic E-state index is 13.0. The van der Waals surface area contributed by atoms with Crippen LogP contribution in [0.25, 0.3) is 0 Å². The number of rotatable bonds is 3. The van der Waals surface area contributed by atoms with Crippen molar-refractivity contribution in [3.05, 3.63) is 45.1 Å². The predicted octanol–water partition coefficient (Wildman–Crippen LogP) is 2.74. The Labute approximate surface area is 163 Å². The van der Waals surface area contributed by atoms with Crippen molar-refractivity contribution >= 4 is 17.5 Å². The molecule has 1 aromatic carbocycles. The number of methoxy groups -OCH3 is 1.